The maximum Gasteiger partial charge on any atom is 0.307 e. The second kappa shape index (κ2) is 8.55. The lowest BCUT2D eigenvalue weighted by Gasteiger charge is -2.19. The van der Waals surface area contributed by atoms with Gasteiger partial charge in [0.1, 0.15) is 5.75 Å². The van der Waals surface area contributed by atoms with Gasteiger partial charge in [-0.15, -0.1) is 0 Å². The normalized spacial score (nSPS) is 19.0. The minimum atomic E-state index is -0.735. The number of hydrogen-bond donors (Lipinski definition) is 2. The Bertz CT molecular complexity index is 527. The number of carboxylic acid groups (broad SMARTS) is 1. The monoisotopic (exact) mass is 339 g/mol. The Hall–Kier alpha value is -1.26. The second-order valence-electron chi connectivity index (χ2n) is 6.73. The summed E-state index contributed by atoms with van der Waals surface area (Å²) in [4.78, 5) is 11.6. The quantitative estimate of drug-likeness (QED) is 0.759. The zero-order valence-corrected chi connectivity index (χ0v) is 14.6. The third kappa shape index (κ3) is 5.70. The summed E-state index contributed by atoms with van der Waals surface area (Å²) >= 11 is 6.17. The van der Waals surface area contributed by atoms with Crippen molar-refractivity contribution in [2.45, 2.75) is 33.1 Å². The largest absolute Gasteiger partial charge is 0.494 e. The minimum absolute atomic E-state index is 0.178. The highest BCUT2D eigenvalue weighted by Gasteiger charge is 2.30. The highest BCUT2D eigenvalue weighted by molar-refractivity contribution is 6.30. The first-order valence-corrected chi connectivity index (χ1v) is 8.69. The standard InChI is InChI=1S/C18H26ClNO3/c1-12(2)4-6-23-16-8-13(7-15(19)10-16)9-17(18(21)22)14-3-5-20-11-14/h7-8,10,12,14,17,20H,3-6,9,11H2,1-2H3,(H,21,22). The first-order chi connectivity index (χ1) is 11.0. The van der Waals surface area contributed by atoms with Crippen LogP contribution in [0.4, 0.5) is 0 Å². The van der Waals surface area contributed by atoms with Crippen LogP contribution in [0.2, 0.25) is 5.02 Å². The predicted molar refractivity (Wildman–Crippen MR) is 92.2 cm³/mol. The molecule has 0 bridgehead atoms. The third-order valence-electron chi connectivity index (χ3n) is 4.34. The van der Waals surface area contributed by atoms with E-state index in [0.717, 1.165) is 37.2 Å². The lowest BCUT2D eigenvalue weighted by atomic mass is 9.86. The molecule has 1 saturated heterocycles. The molecule has 128 valence electrons. The maximum absolute atomic E-state index is 11.6. The fourth-order valence-electron chi connectivity index (χ4n) is 2.96. The number of carboxylic acids is 1. The fourth-order valence-corrected chi connectivity index (χ4v) is 3.21. The molecule has 0 aliphatic carbocycles. The predicted octanol–water partition coefficient (Wildman–Crippen LogP) is 3.62. The van der Waals surface area contributed by atoms with E-state index in [1.807, 2.05) is 12.1 Å². The van der Waals surface area contributed by atoms with Crippen LogP contribution in [-0.2, 0) is 11.2 Å². The zero-order valence-electron chi connectivity index (χ0n) is 13.8. The fraction of sp³-hybridized carbons (Fsp3) is 0.611. The van der Waals surface area contributed by atoms with E-state index in [1.165, 1.54) is 0 Å². The topological polar surface area (TPSA) is 58.6 Å². The van der Waals surface area contributed by atoms with Crippen molar-refractivity contribution < 1.29 is 14.6 Å². The Labute approximate surface area is 143 Å². The molecule has 2 unspecified atom stereocenters. The molecule has 0 radical (unpaired) electrons. The molecule has 1 aromatic rings. The van der Waals surface area contributed by atoms with Crippen molar-refractivity contribution >= 4 is 17.6 Å². The van der Waals surface area contributed by atoms with E-state index in [2.05, 4.69) is 19.2 Å². The summed E-state index contributed by atoms with van der Waals surface area (Å²) in [5.74, 6) is 0.367. The molecule has 1 aliphatic heterocycles. The van der Waals surface area contributed by atoms with Crippen LogP contribution in [0.25, 0.3) is 0 Å². The van der Waals surface area contributed by atoms with Crippen molar-refractivity contribution in [3.63, 3.8) is 0 Å². The molecule has 1 aromatic carbocycles. The van der Waals surface area contributed by atoms with Crippen molar-refractivity contribution in [2.24, 2.45) is 17.8 Å². The number of hydrogen-bond acceptors (Lipinski definition) is 3. The van der Waals surface area contributed by atoms with Gasteiger partial charge in [0.05, 0.1) is 12.5 Å². The van der Waals surface area contributed by atoms with Crippen LogP contribution in [0.5, 0.6) is 5.75 Å². The summed E-state index contributed by atoms with van der Waals surface area (Å²) in [5.41, 5.74) is 0.927. The lowest BCUT2D eigenvalue weighted by molar-refractivity contribution is -0.143. The Morgan fingerprint density at radius 2 is 2.22 bits per heavy atom. The smallest absolute Gasteiger partial charge is 0.307 e. The SMILES string of the molecule is CC(C)CCOc1cc(Cl)cc(CC(C(=O)O)C2CCNC2)c1. The van der Waals surface area contributed by atoms with Gasteiger partial charge in [-0.3, -0.25) is 4.79 Å². The van der Waals surface area contributed by atoms with E-state index in [-0.39, 0.29) is 11.8 Å². The van der Waals surface area contributed by atoms with Gasteiger partial charge in [-0.2, -0.15) is 0 Å². The van der Waals surface area contributed by atoms with Crippen molar-refractivity contribution in [3.05, 3.63) is 28.8 Å². The molecule has 23 heavy (non-hydrogen) atoms. The number of benzene rings is 1. The van der Waals surface area contributed by atoms with Crippen molar-refractivity contribution in [2.75, 3.05) is 19.7 Å². The van der Waals surface area contributed by atoms with E-state index in [0.29, 0.717) is 24.0 Å². The van der Waals surface area contributed by atoms with Crippen LogP contribution < -0.4 is 10.1 Å². The number of ether oxygens (including phenoxy) is 1. The number of carbonyl (C=O) groups is 1. The second-order valence-corrected chi connectivity index (χ2v) is 7.16. The van der Waals surface area contributed by atoms with E-state index >= 15 is 0 Å². The summed E-state index contributed by atoms with van der Waals surface area (Å²) in [6, 6.07) is 5.55. The molecule has 1 aliphatic rings. The molecule has 5 heteroatoms. The minimum Gasteiger partial charge on any atom is -0.494 e. The first kappa shape index (κ1) is 18.1. The van der Waals surface area contributed by atoms with Gasteiger partial charge in [0.15, 0.2) is 0 Å². The summed E-state index contributed by atoms with van der Waals surface area (Å²) in [7, 11) is 0. The molecular weight excluding hydrogens is 314 g/mol. The number of rotatable bonds is 8. The number of nitrogens with one attached hydrogen (secondary N) is 1. The molecule has 4 nitrogen and oxygen atoms in total. The van der Waals surface area contributed by atoms with E-state index < -0.39 is 5.97 Å². The van der Waals surface area contributed by atoms with Crippen molar-refractivity contribution in [1.82, 2.24) is 5.32 Å². The highest BCUT2D eigenvalue weighted by atomic mass is 35.5. The van der Waals surface area contributed by atoms with Crippen molar-refractivity contribution in [1.29, 1.82) is 0 Å². The van der Waals surface area contributed by atoms with Crippen LogP contribution in [0.15, 0.2) is 18.2 Å². The van der Waals surface area contributed by atoms with Gasteiger partial charge in [-0.1, -0.05) is 25.4 Å². The summed E-state index contributed by atoms with van der Waals surface area (Å²) in [5, 5.41) is 13.4. The van der Waals surface area contributed by atoms with Crippen LogP contribution in [0.1, 0.15) is 32.3 Å². The Morgan fingerprint density at radius 1 is 1.43 bits per heavy atom. The van der Waals surface area contributed by atoms with E-state index in [9.17, 15) is 9.90 Å². The highest BCUT2D eigenvalue weighted by Crippen LogP contribution is 2.28. The van der Waals surface area contributed by atoms with Crippen molar-refractivity contribution in [3.8, 4) is 5.75 Å². The Kier molecular flexibility index (Phi) is 6.72. The zero-order chi connectivity index (χ0) is 16.8. The summed E-state index contributed by atoms with van der Waals surface area (Å²) in [6.07, 6.45) is 2.38. The van der Waals surface area contributed by atoms with Gasteiger partial charge in [-0.05, 0) is 68.0 Å². The molecule has 2 N–H and O–H groups in total. The van der Waals surface area contributed by atoms with Gasteiger partial charge >= 0.3 is 5.97 Å². The molecule has 0 spiro atoms. The molecule has 2 atom stereocenters. The van der Waals surface area contributed by atoms with Gasteiger partial charge in [0.2, 0.25) is 0 Å². The molecule has 0 saturated carbocycles. The van der Waals surface area contributed by atoms with E-state index in [1.54, 1.807) is 6.07 Å². The van der Waals surface area contributed by atoms with Gasteiger partial charge in [-0.25, -0.2) is 0 Å². The number of halogens is 1. The van der Waals surface area contributed by atoms with Crippen LogP contribution in [0.3, 0.4) is 0 Å². The molecular formula is C18H26ClNO3. The Morgan fingerprint density at radius 3 is 2.83 bits per heavy atom. The molecule has 2 rings (SSSR count). The molecule has 1 fully saturated rings. The maximum atomic E-state index is 11.6. The molecule has 1 heterocycles. The third-order valence-corrected chi connectivity index (χ3v) is 4.55. The summed E-state index contributed by atoms with van der Waals surface area (Å²) < 4.78 is 5.76. The average molecular weight is 340 g/mol. The molecule has 0 aromatic heterocycles. The van der Waals surface area contributed by atoms with Gasteiger partial charge in [0, 0.05) is 5.02 Å². The van der Waals surface area contributed by atoms with Crippen LogP contribution in [0, 0.1) is 17.8 Å². The van der Waals surface area contributed by atoms with Gasteiger partial charge < -0.3 is 15.2 Å². The first-order valence-electron chi connectivity index (χ1n) is 8.31. The Balaban J connectivity index is 2.05. The van der Waals surface area contributed by atoms with Crippen LogP contribution in [-0.4, -0.2) is 30.8 Å². The van der Waals surface area contributed by atoms with Gasteiger partial charge in [0.25, 0.3) is 0 Å². The number of aliphatic carboxylic acids is 1. The summed E-state index contributed by atoms with van der Waals surface area (Å²) in [6.45, 7) is 6.62. The van der Waals surface area contributed by atoms with Crippen LogP contribution >= 0.6 is 11.6 Å². The van der Waals surface area contributed by atoms with E-state index in [4.69, 9.17) is 16.3 Å². The average Bonchev–Trinajstić information content (AvgIpc) is 2.97. The lowest BCUT2D eigenvalue weighted by Crippen LogP contribution is -2.27. The molecule has 0 amide bonds.